The highest BCUT2D eigenvalue weighted by molar-refractivity contribution is 5.71. The third-order valence-corrected chi connectivity index (χ3v) is 6.24. The molecule has 0 spiro atoms. The fraction of sp³-hybridized carbons (Fsp3) is 0.516. The van der Waals surface area contributed by atoms with Crippen molar-refractivity contribution in [1.82, 2.24) is 0 Å². The number of carbonyl (C=O) groups excluding carboxylic acids is 3. The number of hydrogen-bond acceptors (Lipinski definition) is 10. The van der Waals surface area contributed by atoms with Gasteiger partial charge in [0.2, 0.25) is 12.4 Å². The molecule has 0 aromatic heterocycles. The predicted molar refractivity (Wildman–Crippen MR) is 147 cm³/mol. The summed E-state index contributed by atoms with van der Waals surface area (Å²) >= 11 is 0. The quantitative estimate of drug-likeness (QED) is 0.181. The van der Waals surface area contributed by atoms with Crippen LogP contribution in [0.25, 0.3) is 0 Å². The largest absolute Gasteiger partial charge is 0.460 e. The van der Waals surface area contributed by atoms with E-state index >= 15 is 0 Å². The summed E-state index contributed by atoms with van der Waals surface area (Å²) in [6, 6.07) is 16.1. The van der Waals surface area contributed by atoms with Crippen LogP contribution in [0.4, 0.5) is 0 Å². The topological polar surface area (TPSA) is 127 Å². The Morgan fingerprint density at radius 3 is 2.00 bits per heavy atom. The smallest absolute Gasteiger partial charge is 0.306 e. The first kappa shape index (κ1) is 32.0. The molecule has 0 aliphatic carbocycles. The van der Waals surface area contributed by atoms with Crippen LogP contribution in [0, 0.1) is 0 Å². The van der Waals surface area contributed by atoms with Gasteiger partial charge in [-0.05, 0) is 30.9 Å². The molecule has 1 saturated heterocycles. The number of hydrogen-bond donors (Lipinski definition) is 1. The van der Waals surface area contributed by atoms with Gasteiger partial charge in [-0.1, -0.05) is 69.3 Å². The van der Waals surface area contributed by atoms with Gasteiger partial charge < -0.3 is 33.5 Å². The van der Waals surface area contributed by atoms with Crippen molar-refractivity contribution in [2.24, 2.45) is 0 Å². The summed E-state index contributed by atoms with van der Waals surface area (Å²) in [5.41, 5.74) is 1.20. The van der Waals surface area contributed by atoms with Crippen LogP contribution < -0.4 is 4.74 Å². The molecule has 1 aliphatic heterocycles. The molecule has 0 amide bonds. The fourth-order valence-electron chi connectivity index (χ4n) is 4.23. The molecule has 1 fully saturated rings. The van der Waals surface area contributed by atoms with Gasteiger partial charge in [0.15, 0.2) is 18.5 Å². The molecular formula is C31H40O10. The van der Waals surface area contributed by atoms with E-state index < -0.39 is 48.8 Å². The van der Waals surface area contributed by atoms with E-state index in [1.165, 1.54) is 0 Å². The summed E-state index contributed by atoms with van der Waals surface area (Å²) in [7, 11) is 0. The molecule has 1 aliphatic rings. The van der Waals surface area contributed by atoms with Crippen molar-refractivity contribution in [3.63, 3.8) is 0 Å². The van der Waals surface area contributed by atoms with Gasteiger partial charge in [-0.2, -0.15) is 0 Å². The molecule has 41 heavy (non-hydrogen) atoms. The van der Waals surface area contributed by atoms with E-state index in [-0.39, 0.29) is 38.2 Å². The maximum atomic E-state index is 12.7. The summed E-state index contributed by atoms with van der Waals surface area (Å²) in [6.45, 7) is 5.49. The van der Waals surface area contributed by atoms with Gasteiger partial charge in [0.1, 0.15) is 5.75 Å². The average Bonchev–Trinajstić information content (AvgIpc) is 2.96. The lowest BCUT2D eigenvalue weighted by Crippen LogP contribution is -2.59. The Bertz CT molecular complexity index is 1110. The number of para-hydroxylation sites is 1. The molecule has 0 bridgehead atoms. The molecule has 0 saturated carbocycles. The molecule has 1 heterocycles. The lowest BCUT2D eigenvalue weighted by Gasteiger charge is -2.40. The third-order valence-electron chi connectivity index (χ3n) is 6.24. The maximum absolute atomic E-state index is 12.7. The first-order valence-electron chi connectivity index (χ1n) is 14.1. The standard InChI is InChI=1S/C31H40O10/c1-4-12-25(32)38-24-20-37-31(29(41-27(34)14-6-3)28(24)40-26(33)13-5-2)39-23-18-11-10-17-22(23)30(35)36-19-21-15-8-7-9-16-21/h7-11,15-18,24,28-31,35H,4-6,12-14,19-20H2,1-3H3/t24-,28+,29-,30?,31-/m1/s1. The molecule has 5 atom stereocenters. The summed E-state index contributed by atoms with van der Waals surface area (Å²) < 4.78 is 34.8. The number of esters is 3. The lowest BCUT2D eigenvalue weighted by atomic mass is 10.0. The molecule has 3 rings (SSSR count). The zero-order valence-corrected chi connectivity index (χ0v) is 23.9. The molecular weight excluding hydrogens is 532 g/mol. The first-order chi connectivity index (χ1) is 19.9. The van der Waals surface area contributed by atoms with Crippen molar-refractivity contribution in [2.75, 3.05) is 6.61 Å². The van der Waals surface area contributed by atoms with E-state index in [9.17, 15) is 19.5 Å². The Kier molecular flexibility index (Phi) is 13.1. The number of rotatable bonds is 15. The fourth-order valence-corrected chi connectivity index (χ4v) is 4.23. The van der Waals surface area contributed by atoms with Crippen molar-refractivity contribution in [3.8, 4) is 5.75 Å². The Hall–Kier alpha value is -3.47. The Morgan fingerprint density at radius 1 is 0.805 bits per heavy atom. The van der Waals surface area contributed by atoms with Crippen molar-refractivity contribution >= 4 is 17.9 Å². The van der Waals surface area contributed by atoms with Crippen molar-refractivity contribution in [3.05, 3.63) is 65.7 Å². The minimum absolute atomic E-state index is 0.113. The van der Waals surface area contributed by atoms with E-state index in [1.54, 1.807) is 24.3 Å². The summed E-state index contributed by atoms with van der Waals surface area (Å²) in [6.07, 6.45) is -3.96. The first-order valence-corrected chi connectivity index (χ1v) is 14.1. The van der Waals surface area contributed by atoms with Crippen LogP contribution in [0.1, 0.15) is 76.7 Å². The molecule has 1 unspecified atom stereocenters. The van der Waals surface area contributed by atoms with Crippen LogP contribution in [0.5, 0.6) is 5.75 Å². The normalized spacial score (nSPS) is 21.0. The van der Waals surface area contributed by atoms with E-state index in [0.717, 1.165) is 5.56 Å². The zero-order chi connectivity index (χ0) is 29.6. The minimum atomic E-state index is -1.34. The zero-order valence-electron chi connectivity index (χ0n) is 23.9. The van der Waals surface area contributed by atoms with Gasteiger partial charge in [-0.15, -0.1) is 0 Å². The van der Waals surface area contributed by atoms with Crippen molar-refractivity contribution in [1.29, 1.82) is 0 Å². The van der Waals surface area contributed by atoms with Gasteiger partial charge in [0.05, 0.1) is 13.2 Å². The van der Waals surface area contributed by atoms with Crippen LogP contribution in [0.3, 0.4) is 0 Å². The number of aliphatic hydroxyl groups is 1. The highest BCUT2D eigenvalue weighted by Gasteiger charge is 2.49. The predicted octanol–water partition coefficient (Wildman–Crippen LogP) is 4.77. The molecule has 2 aromatic rings. The lowest BCUT2D eigenvalue weighted by molar-refractivity contribution is -0.261. The molecule has 0 radical (unpaired) electrons. The monoisotopic (exact) mass is 572 g/mol. The minimum Gasteiger partial charge on any atom is -0.460 e. The van der Waals surface area contributed by atoms with Crippen molar-refractivity contribution < 1.29 is 47.9 Å². The number of aliphatic hydroxyl groups excluding tert-OH is 1. The van der Waals surface area contributed by atoms with Gasteiger partial charge in [0.25, 0.3) is 0 Å². The summed E-state index contributed by atoms with van der Waals surface area (Å²) in [5.74, 6) is -1.35. The Labute approximate surface area is 240 Å². The Balaban J connectivity index is 1.86. The van der Waals surface area contributed by atoms with Crippen LogP contribution >= 0.6 is 0 Å². The summed E-state index contributed by atoms with van der Waals surface area (Å²) in [4.78, 5) is 37.6. The molecule has 224 valence electrons. The molecule has 10 heteroatoms. The maximum Gasteiger partial charge on any atom is 0.306 e. The number of ether oxygens (including phenoxy) is 6. The summed E-state index contributed by atoms with van der Waals surface area (Å²) in [5, 5.41) is 10.8. The van der Waals surface area contributed by atoms with E-state index in [4.69, 9.17) is 28.4 Å². The number of benzene rings is 2. The highest BCUT2D eigenvalue weighted by Crippen LogP contribution is 2.32. The van der Waals surface area contributed by atoms with Crippen molar-refractivity contribution in [2.45, 2.75) is 96.8 Å². The SMILES string of the molecule is CCCC(=O)O[C@@H]1[C@@H](OC(=O)CCC)[C@@H](Oc2ccccc2C(O)OCc2ccccc2)OC[C@H]1OC(=O)CCC. The second kappa shape index (κ2) is 16.7. The van der Waals surface area contributed by atoms with Crippen LogP contribution in [0.15, 0.2) is 54.6 Å². The second-order valence-electron chi connectivity index (χ2n) is 9.69. The van der Waals surface area contributed by atoms with Crippen LogP contribution in [-0.2, 0) is 44.7 Å². The van der Waals surface area contributed by atoms with E-state index in [2.05, 4.69) is 0 Å². The third kappa shape index (κ3) is 9.84. The van der Waals surface area contributed by atoms with Gasteiger partial charge in [0, 0.05) is 24.8 Å². The second-order valence-corrected chi connectivity index (χ2v) is 9.69. The van der Waals surface area contributed by atoms with Gasteiger partial charge in [-0.25, -0.2) is 0 Å². The Morgan fingerprint density at radius 2 is 1.37 bits per heavy atom. The van der Waals surface area contributed by atoms with Gasteiger partial charge >= 0.3 is 17.9 Å². The van der Waals surface area contributed by atoms with Crippen LogP contribution in [-0.4, -0.2) is 54.2 Å². The highest BCUT2D eigenvalue weighted by atomic mass is 16.7. The van der Waals surface area contributed by atoms with Crippen LogP contribution in [0.2, 0.25) is 0 Å². The number of carbonyl (C=O) groups is 3. The van der Waals surface area contributed by atoms with E-state index in [0.29, 0.717) is 24.8 Å². The molecule has 1 N–H and O–H groups in total. The molecule has 10 nitrogen and oxygen atoms in total. The average molecular weight is 573 g/mol. The molecule has 2 aromatic carbocycles. The van der Waals surface area contributed by atoms with E-state index in [1.807, 2.05) is 51.1 Å². The van der Waals surface area contributed by atoms with Gasteiger partial charge in [-0.3, -0.25) is 14.4 Å².